The van der Waals surface area contributed by atoms with Crippen molar-refractivity contribution in [2.45, 2.75) is 17.8 Å². The highest BCUT2D eigenvalue weighted by Gasteiger charge is 2.19. The molecule has 31 heavy (non-hydrogen) atoms. The van der Waals surface area contributed by atoms with Gasteiger partial charge in [-0.15, -0.1) is 10.2 Å². The molecule has 0 aliphatic heterocycles. The molecule has 0 atom stereocenters. The average molecular weight is 428 g/mol. The molecule has 5 aromatic rings. The van der Waals surface area contributed by atoms with Crippen LogP contribution in [0.5, 0.6) is 5.75 Å². The summed E-state index contributed by atoms with van der Waals surface area (Å²) in [6, 6.07) is 22.2. The quantitative estimate of drug-likeness (QED) is 0.349. The van der Waals surface area contributed by atoms with E-state index in [1.807, 2.05) is 53.1 Å². The highest BCUT2D eigenvalue weighted by atomic mass is 32.2. The summed E-state index contributed by atoms with van der Waals surface area (Å²) >= 11 is 1.62. The van der Waals surface area contributed by atoms with Gasteiger partial charge in [-0.2, -0.15) is 0 Å². The van der Waals surface area contributed by atoms with Gasteiger partial charge in [-0.25, -0.2) is 4.98 Å². The molecule has 154 valence electrons. The number of pyridine rings is 1. The van der Waals surface area contributed by atoms with Crippen LogP contribution in [0.3, 0.4) is 0 Å². The average Bonchev–Trinajstić information content (AvgIpc) is 3.42. The second-order valence-electron chi connectivity index (χ2n) is 7.16. The van der Waals surface area contributed by atoms with Crippen LogP contribution in [0.2, 0.25) is 0 Å². The number of hydrogen-bond acceptors (Lipinski definition) is 5. The van der Waals surface area contributed by atoms with E-state index in [0.717, 1.165) is 39.3 Å². The SMILES string of the molecule is COc1ccccc1-c1nnc(SCc2cn3ccccc3n2)n1-c1ccc(C)cc1. The van der Waals surface area contributed by atoms with E-state index in [4.69, 9.17) is 9.72 Å². The Labute approximate surface area is 184 Å². The fourth-order valence-electron chi connectivity index (χ4n) is 3.49. The number of methoxy groups -OCH3 is 1. The summed E-state index contributed by atoms with van der Waals surface area (Å²) in [4.78, 5) is 4.70. The van der Waals surface area contributed by atoms with Crippen molar-refractivity contribution in [2.75, 3.05) is 7.11 Å². The molecule has 3 heterocycles. The first-order chi connectivity index (χ1) is 15.2. The minimum Gasteiger partial charge on any atom is -0.496 e. The van der Waals surface area contributed by atoms with Gasteiger partial charge in [0.1, 0.15) is 11.4 Å². The topological polar surface area (TPSA) is 57.2 Å². The summed E-state index contributed by atoms with van der Waals surface area (Å²) in [6.45, 7) is 2.08. The molecule has 0 bridgehead atoms. The van der Waals surface area contributed by atoms with Crippen LogP contribution in [0.25, 0.3) is 22.7 Å². The van der Waals surface area contributed by atoms with Crippen molar-refractivity contribution in [3.63, 3.8) is 0 Å². The summed E-state index contributed by atoms with van der Waals surface area (Å²) in [5.74, 6) is 2.20. The lowest BCUT2D eigenvalue weighted by molar-refractivity contribution is 0.416. The Balaban J connectivity index is 1.55. The lowest BCUT2D eigenvalue weighted by atomic mass is 10.1. The minimum atomic E-state index is 0.692. The molecule has 0 spiro atoms. The van der Waals surface area contributed by atoms with Crippen molar-refractivity contribution in [3.05, 3.63) is 90.4 Å². The van der Waals surface area contributed by atoms with Crippen LogP contribution < -0.4 is 4.74 Å². The zero-order valence-corrected chi connectivity index (χ0v) is 18.1. The van der Waals surface area contributed by atoms with Crippen LogP contribution in [0, 0.1) is 6.92 Å². The first-order valence-corrected chi connectivity index (χ1v) is 10.9. The van der Waals surface area contributed by atoms with Gasteiger partial charge in [-0.05, 0) is 43.3 Å². The largest absolute Gasteiger partial charge is 0.496 e. The molecule has 5 rings (SSSR count). The third kappa shape index (κ3) is 3.80. The maximum atomic E-state index is 5.58. The number of hydrogen-bond donors (Lipinski definition) is 0. The molecule has 0 radical (unpaired) electrons. The van der Waals surface area contributed by atoms with E-state index in [1.54, 1.807) is 18.9 Å². The van der Waals surface area contributed by atoms with Crippen LogP contribution in [0.1, 0.15) is 11.3 Å². The van der Waals surface area contributed by atoms with Crippen molar-refractivity contribution in [3.8, 4) is 22.8 Å². The van der Waals surface area contributed by atoms with Gasteiger partial charge in [-0.1, -0.05) is 47.7 Å². The van der Waals surface area contributed by atoms with Gasteiger partial charge < -0.3 is 9.14 Å². The predicted molar refractivity (Wildman–Crippen MR) is 123 cm³/mol. The molecule has 6 nitrogen and oxygen atoms in total. The summed E-state index contributed by atoms with van der Waals surface area (Å²) in [5.41, 5.74) is 5.04. The van der Waals surface area contributed by atoms with Crippen LogP contribution in [0.15, 0.2) is 84.3 Å². The van der Waals surface area contributed by atoms with Gasteiger partial charge in [0.15, 0.2) is 11.0 Å². The molecule has 3 aromatic heterocycles. The van der Waals surface area contributed by atoms with Gasteiger partial charge in [-0.3, -0.25) is 4.57 Å². The predicted octanol–water partition coefficient (Wildman–Crippen LogP) is 5.19. The van der Waals surface area contributed by atoms with Crippen molar-refractivity contribution < 1.29 is 4.74 Å². The Bertz CT molecular complexity index is 1310. The zero-order valence-electron chi connectivity index (χ0n) is 17.3. The maximum absolute atomic E-state index is 5.58. The lowest BCUT2D eigenvalue weighted by Gasteiger charge is -2.12. The molecule has 0 unspecified atom stereocenters. The standard InChI is InChI=1S/C24H21N5OS/c1-17-10-12-19(13-11-17)29-23(20-7-3-4-8-21(20)30-2)26-27-24(29)31-16-18-15-28-14-6-5-9-22(28)25-18/h3-15H,16H2,1-2H3. The number of ether oxygens (including phenoxy) is 1. The Kier molecular flexibility index (Phi) is 5.18. The molecule has 2 aromatic carbocycles. The summed E-state index contributed by atoms with van der Waals surface area (Å²) in [7, 11) is 1.67. The molecule has 0 N–H and O–H groups in total. The van der Waals surface area contributed by atoms with E-state index in [1.165, 1.54) is 5.56 Å². The number of imidazole rings is 1. The second-order valence-corrected chi connectivity index (χ2v) is 8.11. The zero-order chi connectivity index (χ0) is 21.2. The fourth-order valence-corrected chi connectivity index (χ4v) is 4.32. The number of thioether (sulfide) groups is 1. The molecular formula is C24H21N5OS. The Morgan fingerprint density at radius 3 is 2.55 bits per heavy atom. The van der Waals surface area contributed by atoms with Crippen LogP contribution in [-0.2, 0) is 5.75 Å². The summed E-state index contributed by atoms with van der Waals surface area (Å²) < 4.78 is 9.69. The number of rotatable bonds is 6. The Hall–Kier alpha value is -3.58. The fraction of sp³-hybridized carbons (Fsp3) is 0.125. The first kappa shape index (κ1) is 19.4. The van der Waals surface area contributed by atoms with Crippen LogP contribution in [0.4, 0.5) is 0 Å². The van der Waals surface area contributed by atoms with Crippen molar-refractivity contribution in [1.29, 1.82) is 0 Å². The third-order valence-electron chi connectivity index (χ3n) is 5.04. The van der Waals surface area contributed by atoms with Crippen LogP contribution in [-0.4, -0.2) is 31.3 Å². The molecule has 0 aliphatic rings. The van der Waals surface area contributed by atoms with Crippen molar-refractivity contribution >= 4 is 17.4 Å². The van der Waals surface area contributed by atoms with Crippen LogP contribution >= 0.6 is 11.8 Å². The Morgan fingerprint density at radius 1 is 0.935 bits per heavy atom. The summed E-state index contributed by atoms with van der Waals surface area (Å²) in [5, 5.41) is 9.86. The molecule has 0 amide bonds. The smallest absolute Gasteiger partial charge is 0.196 e. The van der Waals surface area contributed by atoms with E-state index in [9.17, 15) is 0 Å². The maximum Gasteiger partial charge on any atom is 0.196 e. The number of para-hydroxylation sites is 1. The summed E-state index contributed by atoms with van der Waals surface area (Å²) in [6.07, 6.45) is 4.06. The normalized spacial score (nSPS) is 11.2. The third-order valence-corrected chi connectivity index (χ3v) is 6.00. The second kappa shape index (κ2) is 8.28. The van der Waals surface area contributed by atoms with E-state index in [-0.39, 0.29) is 0 Å². The number of benzene rings is 2. The molecule has 0 fully saturated rings. The molecule has 7 heteroatoms. The molecule has 0 aliphatic carbocycles. The van der Waals surface area contributed by atoms with Gasteiger partial charge in [0, 0.05) is 23.8 Å². The van der Waals surface area contributed by atoms with E-state index in [2.05, 4.69) is 52.2 Å². The monoisotopic (exact) mass is 427 g/mol. The number of nitrogens with zero attached hydrogens (tertiary/aromatic N) is 5. The molecule has 0 saturated heterocycles. The molecular weight excluding hydrogens is 406 g/mol. The molecule has 0 saturated carbocycles. The van der Waals surface area contributed by atoms with E-state index < -0.39 is 0 Å². The van der Waals surface area contributed by atoms with Gasteiger partial charge in [0.05, 0.1) is 18.4 Å². The van der Waals surface area contributed by atoms with Gasteiger partial charge in [0.25, 0.3) is 0 Å². The van der Waals surface area contributed by atoms with E-state index in [0.29, 0.717) is 5.75 Å². The number of aromatic nitrogens is 5. The lowest BCUT2D eigenvalue weighted by Crippen LogP contribution is -2.01. The highest BCUT2D eigenvalue weighted by Crippen LogP contribution is 2.34. The van der Waals surface area contributed by atoms with Gasteiger partial charge in [0.2, 0.25) is 0 Å². The Morgan fingerprint density at radius 2 is 1.74 bits per heavy atom. The number of aryl methyl sites for hydroxylation is 1. The first-order valence-electron chi connectivity index (χ1n) is 9.94. The number of fused-ring (bicyclic) bond motifs is 1. The highest BCUT2D eigenvalue weighted by molar-refractivity contribution is 7.98. The minimum absolute atomic E-state index is 0.692. The van der Waals surface area contributed by atoms with E-state index >= 15 is 0 Å². The van der Waals surface area contributed by atoms with Crippen molar-refractivity contribution in [2.24, 2.45) is 0 Å². The van der Waals surface area contributed by atoms with Gasteiger partial charge >= 0.3 is 0 Å². The van der Waals surface area contributed by atoms with Crippen molar-refractivity contribution in [1.82, 2.24) is 24.1 Å².